The lowest BCUT2D eigenvalue weighted by atomic mass is 10.3. The normalized spacial score (nSPS) is 11.9. The number of nitrogens with zero attached hydrogens (tertiary/aromatic N) is 6. The number of aliphatic hydroxyl groups is 1. The quantitative estimate of drug-likeness (QED) is 0.217. The molecule has 0 bridgehead atoms. The summed E-state index contributed by atoms with van der Waals surface area (Å²) in [5.74, 6) is 0.417. The molecule has 2 aromatic heterocycles. The first-order valence-corrected chi connectivity index (χ1v) is 7.63. The average molecular weight is 329 g/mol. The van der Waals surface area contributed by atoms with Crippen LogP contribution in [0.3, 0.4) is 0 Å². The molecule has 0 fully saturated rings. The molecule has 2 N–H and O–H groups in total. The monoisotopic (exact) mass is 329 g/mol. The van der Waals surface area contributed by atoms with E-state index in [0.29, 0.717) is 29.8 Å². The Balaban J connectivity index is 2.09. The van der Waals surface area contributed by atoms with Crippen LogP contribution >= 0.6 is 0 Å². The molecular weight excluding hydrogens is 308 g/mol. The molecule has 24 heavy (non-hydrogen) atoms. The molecule has 2 heterocycles. The lowest BCUT2D eigenvalue weighted by molar-refractivity contribution is -0.909. The van der Waals surface area contributed by atoms with Crippen LogP contribution in [0.15, 0.2) is 63.3 Å². The molecule has 0 radical (unpaired) electrons. The number of aryl methyl sites for hydroxylation is 1. The van der Waals surface area contributed by atoms with Crippen LogP contribution in [0.25, 0.3) is 0 Å². The second-order valence-electron chi connectivity index (χ2n) is 5.04. The highest BCUT2D eigenvalue weighted by Crippen LogP contribution is 2.11. The summed E-state index contributed by atoms with van der Waals surface area (Å²) in [5, 5.41) is 35.3. The Labute approximate surface area is 139 Å². The maximum atomic E-state index is 9.57. The van der Waals surface area contributed by atoms with Gasteiger partial charge in [-0.05, 0) is 19.1 Å². The van der Waals surface area contributed by atoms with Gasteiger partial charge in [0, 0.05) is 42.2 Å². The topological polar surface area (TPSA) is 98.7 Å². The molecule has 2 rings (SSSR count). The van der Waals surface area contributed by atoms with Crippen LogP contribution < -0.4 is 10.1 Å². The SMILES string of the molecule is CCc1cc(N=NC(C)=NN=c2ccn(CCO)cc2)cc[n+]1O. The first-order chi connectivity index (χ1) is 11.6. The fourth-order valence-corrected chi connectivity index (χ4v) is 1.91. The Bertz CT molecular complexity index is 790. The highest BCUT2D eigenvalue weighted by Gasteiger charge is 2.07. The van der Waals surface area contributed by atoms with Gasteiger partial charge in [0.2, 0.25) is 11.9 Å². The largest absolute Gasteiger partial charge is 0.395 e. The fourth-order valence-electron chi connectivity index (χ4n) is 1.91. The van der Waals surface area contributed by atoms with Crippen molar-refractivity contribution in [3.63, 3.8) is 0 Å². The van der Waals surface area contributed by atoms with Crippen molar-refractivity contribution in [3.05, 3.63) is 53.9 Å². The van der Waals surface area contributed by atoms with Crippen molar-refractivity contribution < 1.29 is 15.0 Å². The Kier molecular flexibility index (Phi) is 6.32. The molecule has 0 saturated carbocycles. The molecule has 0 spiro atoms. The molecule has 0 atom stereocenters. The van der Waals surface area contributed by atoms with Crippen molar-refractivity contribution in [2.45, 2.75) is 26.8 Å². The van der Waals surface area contributed by atoms with E-state index in [4.69, 9.17) is 5.11 Å². The van der Waals surface area contributed by atoms with Gasteiger partial charge >= 0.3 is 0 Å². The standard InChI is InChI=1S/C16H21N6O2/c1-3-16-12-15(6-9-22(16)24)20-18-13(2)17-19-14-4-7-21(8-5-14)10-11-23/h4-9,12,23-24H,3,10-11H2,1-2H3/q+1. The number of hydrogen-bond donors (Lipinski definition) is 2. The van der Waals surface area contributed by atoms with E-state index in [0.717, 1.165) is 10.4 Å². The zero-order valence-electron chi connectivity index (χ0n) is 13.7. The number of aliphatic hydroxyl groups excluding tert-OH is 1. The van der Waals surface area contributed by atoms with Gasteiger partial charge in [-0.2, -0.15) is 0 Å². The van der Waals surface area contributed by atoms with E-state index >= 15 is 0 Å². The maximum absolute atomic E-state index is 9.57. The second-order valence-corrected chi connectivity index (χ2v) is 5.04. The molecule has 0 unspecified atom stereocenters. The number of hydrogen-bond acceptors (Lipinski definition) is 5. The Morgan fingerprint density at radius 1 is 1.25 bits per heavy atom. The van der Waals surface area contributed by atoms with Gasteiger partial charge in [0.1, 0.15) is 0 Å². The van der Waals surface area contributed by atoms with Crippen LogP contribution in [0.1, 0.15) is 19.5 Å². The minimum atomic E-state index is 0.0916. The highest BCUT2D eigenvalue weighted by molar-refractivity contribution is 5.79. The zero-order valence-corrected chi connectivity index (χ0v) is 13.7. The third-order valence-electron chi connectivity index (χ3n) is 3.21. The molecule has 0 saturated heterocycles. The van der Waals surface area contributed by atoms with Crippen LogP contribution in [0, 0.1) is 0 Å². The van der Waals surface area contributed by atoms with E-state index in [-0.39, 0.29) is 6.61 Å². The highest BCUT2D eigenvalue weighted by atomic mass is 16.5. The smallest absolute Gasteiger partial charge is 0.236 e. The van der Waals surface area contributed by atoms with Crippen molar-refractivity contribution in [1.82, 2.24) is 4.57 Å². The lowest BCUT2D eigenvalue weighted by Gasteiger charge is -2.01. The second kappa shape index (κ2) is 8.68. The summed E-state index contributed by atoms with van der Waals surface area (Å²) < 4.78 is 2.91. The van der Waals surface area contributed by atoms with Crippen LogP contribution in [-0.2, 0) is 13.0 Å². The van der Waals surface area contributed by atoms with Gasteiger partial charge in [-0.1, -0.05) is 6.92 Å². The van der Waals surface area contributed by atoms with Crippen molar-refractivity contribution in [3.8, 4) is 0 Å². The number of aromatic nitrogens is 2. The van der Waals surface area contributed by atoms with Gasteiger partial charge in [0.25, 0.3) is 0 Å². The third kappa shape index (κ3) is 5.10. The van der Waals surface area contributed by atoms with Gasteiger partial charge in [-0.15, -0.1) is 20.4 Å². The van der Waals surface area contributed by atoms with Crippen molar-refractivity contribution in [1.29, 1.82) is 0 Å². The van der Waals surface area contributed by atoms with Gasteiger partial charge in [0.15, 0.2) is 5.84 Å². The van der Waals surface area contributed by atoms with E-state index in [9.17, 15) is 5.21 Å². The minimum Gasteiger partial charge on any atom is -0.395 e. The van der Waals surface area contributed by atoms with Crippen LogP contribution in [-0.4, -0.2) is 27.3 Å². The van der Waals surface area contributed by atoms with Crippen LogP contribution in [0.5, 0.6) is 0 Å². The molecular formula is C16H21N6O2+. The molecule has 2 aromatic rings. The first-order valence-electron chi connectivity index (χ1n) is 7.63. The average Bonchev–Trinajstić information content (AvgIpc) is 2.60. The van der Waals surface area contributed by atoms with Gasteiger partial charge in [0.05, 0.1) is 17.7 Å². The summed E-state index contributed by atoms with van der Waals surface area (Å²) >= 11 is 0. The fraction of sp³-hybridized carbons (Fsp3) is 0.312. The molecule has 0 aliphatic carbocycles. The molecule has 0 aliphatic heterocycles. The van der Waals surface area contributed by atoms with Crippen LogP contribution in [0.2, 0.25) is 0 Å². The Hall–Kier alpha value is -2.87. The summed E-state index contributed by atoms with van der Waals surface area (Å²) in [4.78, 5) is 0. The number of rotatable bonds is 5. The van der Waals surface area contributed by atoms with E-state index < -0.39 is 0 Å². The van der Waals surface area contributed by atoms with Crippen LogP contribution in [0.4, 0.5) is 5.69 Å². The Morgan fingerprint density at radius 2 is 2.00 bits per heavy atom. The first kappa shape index (κ1) is 17.5. The summed E-state index contributed by atoms with van der Waals surface area (Å²) in [6.07, 6.45) is 5.85. The number of amidine groups is 1. The lowest BCUT2D eigenvalue weighted by Crippen LogP contribution is -2.33. The summed E-state index contributed by atoms with van der Waals surface area (Å²) in [7, 11) is 0. The third-order valence-corrected chi connectivity index (χ3v) is 3.21. The number of azo groups is 1. The van der Waals surface area contributed by atoms with Gasteiger partial charge in [-0.3, -0.25) is 5.21 Å². The van der Waals surface area contributed by atoms with Crippen molar-refractivity contribution in [2.24, 2.45) is 20.4 Å². The molecule has 0 aliphatic rings. The molecule has 8 nitrogen and oxygen atoms in total. The van der Waals surface area contributed by atoms with E-state index in [1.165, 1.54) is 6.20 Å². The van der Waals surface area contributed by atoms with Crippen molar-refractivity contribution >= 4 is 11.5 Å². The van der Waals surface area contributed by atoms with E-state index in [1.54, 1.807) is 31.2 Å². The predicted molar refractivity (Wildman–Crippen MR) is 87.9 cm³/mol. The van der Waals surface area contributed by atoms with Gasteiger partial charge < -0.3 is 9.67 Å². The number of pyridine rings is 2. The summed E-state index contributed by atoms with van der Waals surface area (Å²) in [5.41, 5.74) is 1.38. The van der Waals surface area contributed by atoms with Gasteiger partial charge in [-0.25, -0.2) is 0 Å². The molecule has 0 amide bonds. The minimum absolute atomic E-state index is 0.0916. The van der Waals surface area contributed by atoms with E-state index in [2.05, 4.69) is 20.4 Å². The molecule has 126 valence electrons. The van der Waals surface area contributed by atoms with E-state index in [1.807, 2.05) is 23.9 Å². The molecule has 8 heteroatoms. The predicted octanol–water partition coefficient (Wildman–Crippen LogP) is 1.59. The Morgan fingerprint density at radius 3 is 2.67 bits per heavy atom. The zero-order chi connectivity index (χ0) is 17.4. The molecule has 0 aromatic carbocycles. The summed E-state index contributed by atoms with van der Waals surface area (Å²) in [6, 6.07) is 7.01. The maximum Gasteiger partial charge on any atom is 0.236 e. The van der Waals surface area contributed by atoms with Crippen molar-refractivity contribution in [2.75, 3.05) is 6.61 Å². The summed E-state index contributed by atoms with van der Waals surface area (Å²) in [6.45, 7) is 4.28.